The first kappa shape index (κ1) is 20.5. The molecule has 1 heterocycles. The van der Waals surface area contributed by atoms with Gasteiger partial charge in [0.15, 0.2) is 5.17 Å². The van der Waals surface area contributed by atoms with Gasteiger partial charge in [-0.05, 0) is 46.4 Å². The zero-order valence-corrected chi connectivity index (χ0v) is 17.4. The van der Waals surface area contributed by atoms with E-state index in [4.69, 9.17) is 4.74 Å². The van der Waals surface area contributed by atoms with Gasteiger partial charge in [0.1, 0.15) is 12.5 Å². The molecule has 0 fully saturated rings. The number of phenolic OH excluding ortho intramolecular Hbond substituents is 1. The molecule has 142 valence electrons. The lowest BCUT2D eigenvalue weighted by atomic mass is 9.78. The zero-order chi connectivity index (χ0) is 19.7. The number of benzene rings is 1. The normalized spacial score (nSPS) is 17.0. The Morgan fingerprint density at radius 1 is 1.15 bits per heavy atom. The van der Waals surface area contributed by atoms with Crippen LogP contribution < -0.4 is 5.32 Å². The van der Waals surface area contributed by atoms with E-state index in [1.165, 1.54) is 11.8 Å². The Hall–Kier alpha value is -1.79. The minimum absolute atomic E-state index is 0.215. The Kier molecular flexibility index (Phi) is 5.88. The summed E-state index contributed by atoms with van der Waals surface area (Å²) in [5, 5.41) is 14.3. The fraction of sp³-hybridized carbons (Fsp3) is 0.500. The summed E-state index contributed by atoms with van der Waals surface area (Å²) in [6, 6.07) is 3.90. The van der Waals surface area contributed by atoms with Crippen LogP contribution in [0.25, 0.3) is 6.08 Å². The first-order chi connectivity index (χ1) is 11.9. The average Bonchev–Trinajstić information content (AvgIpc) is 2.84. The Bertz CT molecular complexity index is 733. The largest absolute Gasteiger partial charge is 0.507 e. The number of carbonyl (C=O) groups excluding carboxylic acids is 1. The molecule has 1 aromatic rings. The summed E-state index contributed by atoms with van der Waals surface area (Å²) in [5.41, 5.74) is 2.19. The summed E-state index contributed by atoms with van der Waals surface area (Å²) in [7, 11) is 1.57. The van der Waals surface area contributed by atoms with E-state index in [2.05, 4.69) is 51.9 Å². The fourth-order valence-electron chi connectivity index (χ4n) is 2.65. The number of thioether (sulfide) groups is 1. The van der Waals surface area contributed by atoms with E-state index in [1.807, 2.05) is 18.2 Å². The van der Waals surface area contributed by atoms with E-state index in [0.717, 1.165) is 16.7 Å². The van der Waals surface area contributed by atoms with Crippen LogP contribution in [0.1, 0.15) is 58.2 Å². The van der Waals surface area contributed by atoms with Gasteiger partial charge in [0.05, 0.1) is 4.91 Å². The molecule has 0 saturated carbocycles. The van der Waals surface area contributed by atoms with Crippen molar-refractivity contribution < 1.29 is 14.6 Å². The lowest BCUT2D eigenvalue weighted by molar-refractivity contribution is -0.113. The molecule has 0 aromatic heterocycles. The second-order valence-corrected chi connectivity index (χ2v) is 9.44. The maximum atomic E-state index is 12.2. The molecular formula is C20H28N2O3S. The number of ether oxygens (including phenoxy) is 1. The van der Waals surface area contributed by atoms with Crippen molar-refractivity contribution in [3.63, 3.8) is 0 Å². The van der Waals surface area contributed by atoms with Gasteiger partial charge in [-0.15, -0.1) is 0 Å². The molecule has 2 rings (SSSR count). The van der Waals surface area contributed by atoms with Crippen LogP contribution in [0, 0.1) is 0 Å². The smallest absolute Gasteiger partial charge is 0.286 e. The molecule has 1 amide bonds. The molecule has 6 heteroatoms. The maximum Gasteiger partial charge on any atom is 0.286 e. The number of amides is 1. The predicted octanol–water partition coefficient (Wildman–Crippen LogP) is 4.15. The first-order valence-corrected chi connectivity index (χ1v) is 9.38. The number of carbonyl (C=O) groups is 1. The van der Waals surface area contributed by atoms with Gasteiger partial charge in [-0.25, -0.2) is 0 Å². The lowest BCUT2D eigenvalue weighted by Crippen LogP contribution is -2.21. The number of nitrogens with one attached hydrogen (secondary N) is 1. The van der Waals surface area contributed by atoms with Crippen LogP contribution in [0.2, 0.25) is 0 Å². The summed E-state index contributed by atoms with van der Waals surface area (Å²) in [5.74, 6) is 0.0625. The summed E-state index contributed by atoms with van der Waals surface area (Å²) in [6.07, 6.45) is 1.84. The number of methoxy groups -OCH3 is 1. The molecular weight excluding hydrogens is 348 g/mol. The molecule has 0 unspecified atom stereocenters. The van der Waals surface area contributed by atoms with Crippen molar-refractivity contribution >= 4 is 28.9 Å². The summed E-state index contributed by atoms with van der Waals surface area (Å²) < 4.78 is 4.95. The Morgan fingerprint density at radius 3 is 2.15 bits per heavy atom. The third-order valence-corrected chi connectivity index (χ3v) is 4.98. The SMILES string of the molecule is COCNC1=NC(=O)/C(=C/c2cc(C(C)(C)C)c(O)c(C(C)(C)C)c2)S1. The summed E-state index contributed by atoms with van der Waals surface area (Å²) >= 11 is 1.29. The number of aliphatic imine (C=N–C) groups is 1. The van der Waals surface area contributed by atoms with Gasteiger partial charge in [0.2, 0.25) is 0 Å². The van der Waals surface area contributed by atoms with E-state index >= 15 is 0 Å². The molecule has 0 bridgehead atoms. The van der Waals surface area contributed by atoms with Gasteiger partial charge in [0, 0.05) is 18.2 Å². The zero-order valence-electron chi connectivity index (χ0n) is 16.6. The number of hydrogen-bond donors (Lipinski definition) is 2. The minimum Gasteiger partial charge on any atom is -0.507 e. The molecule has 0 aliphatic carbocycles. The molecule has 1 aliphatic heterocycles. The van der Waals surface area contributed by atoms with Crippen molar-refractivity contribution in [1.29, 1.82) is 0 Å². The van der Waals surface area contributed by atoms with Crippen LogP contribution >= 0.6 is 11.8 Å². The van der Waals surface area contributed by atoms with E-state index < -0.39 is 0 Å². The fourth-order valence-corrected chi connectivity index (χ4v) is 3.45. The second-order valence-electron chi connectivity index (χ2n) is 8.41. The van der Waals surface area contributed by atoms with Gasteiger partial charge in [0.25, 0.3) is 5.91 Å². The van der Waals surface area contributed by atoms with Crippen molar-refractivity contribution in [2.75, 3.05) is 13.8 Å². The molecule has 1 aromatic carbocycles. The maximum absolute atomic E-state index is 12.2. The van der Waals surface area contributed by atoms with Crippen LogP contribution in [-0.2, 0) is 20.4 Å². The highest BCUT2D eigenvalue weighted by Crippen LogP contribution is 2.40. The lowest BCUT2D eigenvalue weighted by Gasteiger charge is -2.28. The van der Waals surface area contributed by atoms with E-state index in [9.17, 15) is 9.90 Å². The van der Waals surface area contributed by atoms with Gasteiger partial charge in [-0.1, -0.05) is 41.5 Å². The van der Waals surface area contributed by atoms with Gasteiger partial charge in [-0.2, -0.15) is 4.99 Å². The number of phenols is 1. The van der Waals surface area contributed by atoms with Crippen molar-refractivity contribution in [2.24, 2.45) is 4.99 Å². The predicted molar refractivity (Wildman–Crippen MR) is 109 cm³/mol. The summed E-state index contributed by atoms with van der Waals surface area (Å²) in [4.78, 5) is 16.7. The standard InChI is InChI=1S/C20H28N2O3S/c1-19(2,3)13-8-12(9-14(16(13)23)20(4,5)6)10-15-17(24)22-18(26-15)21-11-25-7/h8-10,23H,11H2,1-7H3,(H,21,22,24)/b15-10-. The van der Waals surface area contributed by atoms with E-state index in [1.54, 1.807) is 7.11 Å². The molecule has 2 N–H and O–H groups in total. The van der Waals surface area contributed by atoms with Crippen molar-refractivity contribution in [3.05, 3.63) is 33.7 Å². The highest BCUT2D eigenvalue weighted by molar-refractivity contribution is 8.18. The van der Waals surface area contributed by atoms with Crippen LogP contribution in [-0.4, -0.2) is 30.0 Å². The van der Waals surface area contributed by atoms with Crippen LogP contribution in [0.5, 0.6) is 5.75 Å². The number of amidine groups is 1. The molecule has 0 radical (unpaired) electrons. The highest BCUT2D eigenvalue weighted by atomic mass is 32.2. The van der Waals surface area contributed by atoms with Crippen LogP contribution in [0.4, 0.5) is 0 Å². The van der Waals surface area contributed by atoms with Crippen molar-refractivity contribution in [3.8, 4) is 5.75 Å². The first-order valence-electron chi connectivity index (χ1n) is 8.57. The molecule has 0 saturated heterocycles. The van der Waals surface area contributed by atoms with E-state index in [-0.39, 0.29) is 16.7 Å². The van der Waals surface area contributed by atoms with Crippen molar-refractivity contribution in [2.45, 2.75) is 52.4 Å². The average molecular weight is 377 g/mol. The Balaban J connectivity index is 2.46. The Labute approximate surface area is 159 Å². The summed E-state index contributed by atoms with van der Waals surface area (Å²) in [6.45, 7) is 12.7. The number of hydrogen-bond acceptors (Lipinski definition) is 5. The molecule has 5 nitrogen and oxygen atoms in total. The van der Waals surface area contributed by atoms with Crippen molar-refractivity contribution in [1.82, 2.24) is 5.32 Å². The second kappa shape index (κ2) is 7.45. The number of rotatable bonds is 3. The molecule has 0 atom stereocenters. The molecule has 0 spiro atoms. The van der Waals surface area contributed by atoms with Gasteiger partial charge < -0.3 is 15.2 Å². The minimum atomic E-state index is -0.267. The number of aromatic hydroxyl groups is 1. The highest BCUT2D eigenvalue weighted by Gasteiger charge is 2.27. The monoisotopic (exact) mass is 376 g/mol. The number of nitrogens with zero attached hydrogens (tertiary/aromatic N) is 1. The molecule has 1 aliphatic rings. The quantitative estimate of drug-likeness (QED) is 0.612. The molecule has 26 heavy (non-hydrogen) atoms. The van der Waals surface area contributed by atoms with Gasteiger partial charge in [-0.3, -0.25) is 4.79 Å². The third-order valence-electron chi connectivity index (χ3n) is 4.03. The topological polar surface area (TPSA) is 70.9 Å². The van der Waals surface area contributed by atoms with Crippen LogP contribution in [0.3, 0.4) is 0 Å². The van der Waals surface area contributed by atoms with Crippen LogP contribution in [0.15, 0.2) is 22.0 Å². The third kappa shape index (κ3) is 4.68. The van der Waals surface area contributed by atoms with Gasteiger partial charge >= 0.3 is 0 Å². The van der Waals surface area contributed by atoms with E-state index in [0.29, 0.717) is 22.6 Å². The Morgan fingerprint density at radius 2 is 1.69 bits per heavy atom.